The second kappa shape index (κ2) is 6.94. The van der Waals surface area contributed by atoms with Crippen LogP contribution in [0.25, 0.3) is 0 Å². The van der Waals surface area contributed by atoms with E-state index < -0.39 is 6.09 Å². The molecule has 1 atom stereocenters. The molecule has 0 bridgehead atoms. The van der Waals surface area contributed by atoms with Gasteiger partial charge < -0.3 is 24.4 Å². The molecule has 0 radical (unpaired) electrons. The average molecular weight is 294 g/mol. The Bertz CT molecular complexity index is 520. The quantitative estimate of drug-likeness (QED) is 0.888. The van der Waals surface area contributed by atoms with Crippen molar-refractivity contribution >= 4 is 17.7 Å². The third-order valence-electron chi connectivity index (χ3n) is 3.15. The minimum absolute atomic E-state index is 0.0231. The lowest BCUT2D eigenvalue weighted by Crippen LogP contribution is -2.50. The molecule has 1 saturated heterocycles. The molecule has 21 heavy (non-hydrogen) atoms. The van der Waals surface area contributed by atoms with E-state index in [1.807, 2.05) is 18.2 Å². The normalized spacial score (nSPS) is 18.3. The Balaban J connectivity index is 2.03. The van der Waals surface area contributed by atoms with Gasteiger partial charge in [-0.25, -0.2) is 4.79 Å². The average Bonchev–Trinajstić information content (AvgIpc) is 2.53. The van der Waals surface area contributed by atoms with Crippen LogP contribution in [0.2, 0.25) is 0 Å². The minimum Gasteiger partial charge on any atom is -0.497 e. The van der Waals surface area contributed by atoms with E-state index in [0.29, 0.717) is 12.3 Å². The first kappa shape index (κ1) is 15.1. The third kappa shape index (κ3) is 3.85. The number of methoxy groups -OCH3 is 2. The Kier molecular flexibility index (Phi) is 4.99. The van der Waals surface area contributed by atoms with Gasteiger partial charge in [0.05, 0.1) is 26.9 Å². The van der Waals surface area contributed by atoms with Crippen LogP contribution in [0.5, 0.6) is 5.75 Å². The fraction of sp³-hybridized carbons (Fsp3) is 0.429. The van der Waals surface area contributed by atoms with Crippen molar-refractivity contribution in [2.24, 2.45) is 0 Å². The molecular weight excluding hydrogens is 276 g/mol. The van der Waals surface area contributed by atoms with E-state index in [0.717, 1.165) is 5.69 Å². The molecule has 1 fully saturated rings. The molecule has 1 aliphatic rings. The van der Waals surface area contributed by atoms with Crippen LogP contribution < -0.4 is 15.0 Å². The van der Waals surface area contributed by atoms with Gasteiger partial charge in [0.15, 0.2) is 0 Å². The van der Waals surface area contributed by atoms with Crippen molar-refractivity contribution < 1.29 is 23.8 Å². The minimum atomic E-state index is -0.525. The van der Waals surface area contributed by atoms with Gasteiger partial charge in [-0.2, -0.15) is 0 Å². The Hall–Kier alpha value is -2.28. The van der Waals surface area contributed by atoms with Crippen molar-refractivity contribution in [3.8, 4) is 5.75 Å². The molecule has 0 saturated carbocycles. The summed E-state index contributed by atoms with van der Waals surface area (Å²) in [7, 11) is 2.87. The van der Waals surface area contributed by atoms with E-state index in [2.05, 4.69) is 10.1 Å². The Morgan fingerprint density at radius 1 is 1.48 bits per heavy atom. The van der Waals surface area contributed by atoms with Crippen LogP contribution in [0.1, 0.15) is 0 Å². The number of amides is 2. The Morgan fingerprint density at radius 3 is 3.00 bits per heavy atom. The molecule has 0 spiro atoms. The van der Waals surface area contributed by atoms with E-state index in [1.165, 1.54) is 7.11 Å². The molecule has 1 aromatic rings. The standard InChI is InChI=1S/C14H18N2O5/c1-19-11-5-3-4-10(6-11)16-8-12(21-9-13(16)17)7-15-14(18)20-2/h3-6,12H,7-9H2,1-2H3,(H,15,18). The summed E-state index contributed by atoms with van der Waals surface area (Å²) in [5, 5.41) is 2.56. The van der Waals surface area contributed by atoms with Gasteiger partial charge in [-0.1, -0.05) is 6.07 Å². The number of anilines is 1. The maximum atomic E-state index is 12.0. The summed E-state index contributed by atoms with van der Waals surface area (Å²) in [4.78, 5) is 24.7. The Labute approximate surface area is 122 Å². The summed E-state index contributed by atoms with van der Waals surface area (Å²) < 4.78 is 15.1. The van der Waals surface area contributed by atoms with Crippen LogP contribution in [0, 0.1) is 0 Å². The SMILES string of the molecule is COC(=O)NCC1CN(c2cccc(OC)c2)C(=O)CO1. The van der Waals surface area contributed by atoms with Crippen molar-refractivity contribution in [2.75, 3.05) is 38.8 Å². The molecule has 0 aromatic heterocycles. The van der Waals surface area contributed by atoms with E-state index in [1.54, 1.807) is 18.1 Å². The maximum absolute atomic E-state index is 12.0. The summed E-state index contributed by atoms with van der Waals surface area (Å²) in [5.74, 6) is 0.550. The second-order valence-electron chi connectivity index (χ2n) is 4.51. The number of alkyl carbamates (subject to hydrolysis) is 1. The molecule has 1 aromatic carbocycles. The van der Waals surface area contributed by atoms with Crippen LogP contribution >= 0.6 is 0 Å². The first-order valence-corrected chi connectivity index (χ1v) is 6.52. The predicted octanol–water partition coefficient (Wildman–Crippen LogP) is 0.783. The molecular formula is C14H18N2O5. The second-order valence-corrected chi connectivity index (χ2v) is 4.51. The number of carbonyl (C=O) groups excluding carboxylic acids is 2. The van der Waals surface area contributed by atoms with E-state index in [4.69, 9.17) is 9.47 Å². The van der Waals surface area contributed by atoms with Gasteiger partial charge in [0, 0.05) is 18.3 Å². The summed E-state index contributed by atoms with van der Waals surface area (Å²) in [6.45, 7) is 0.612. The fourth-order valence-corrected chi connectivity index (χ4v) is 2.05. The molecule has 2 rings (SSSR count). The third-order valence-corrected chi connectivity index (χ3v) is 3.15. The zero-order valence-corrected chi connectivity index (χ0v) is 12.0. The maximum Gasteiger partial charge on any atom is 0.406 e. The number of carbonyl (C=O) groups is 2. The molecule has 7 nitrogen and oxygen atoms in total. The van der Waals surface area contributed by atoms with Crippen molar-refractivity contribution in [2.45, 2.75) is 6.10 Å². The predicted molar refractivity (Wildman–Crippen MR) is 75.5 cm³/mol. The van der Waals surface area contributed by atoms with Gasteiger partial charge in [0.2, 0.25) is 0 Å². The molecule has 1 aliphatic heterocycles. The molecule has 0 aliphatic carbocycles. The largest absolute Gasteiger partial charge is 0.497 e. The number of hydrogen-bond acceptors (Lipinski definition) is 5. The summed E-state index contributed by atoms with van der Waals surface area (Å²) in [5.41, 5.74) is 0.741. The van der Waals surface area contributed by atoms with E-state index >= 15 is 0 Å². The monoisotopic (exact) mass is 294 g/mol. The van der Waals surface area contributed by atoms with E-state index in [-0.39, 0.29) is 25.2 Å². The number of ether oxygens (including phenoxy) is 3. The molecule has 2 amide bonds. The molecule has 114 valence electrons. The van der Waals surface area contributed by atoms with Gasteiger partial charge in [0.25, 0.3) is 5.91 Å². The lowest BCUT2D eigenvalue weighted by molar-refractivity contribution is -0.129. The molecule has 1 N–H and O–H groups in total. The smallest absolute Gasteiger partial charge is 0.406 e. The molecule has 1 heterocycles. The van der Waals surface area contributed by atoms with Crippen molar-refractivity contribution in [1.29, 1.82) is 0 Å². The zero-order valence-electron chi connectivity index (χ0n) is 12.0. The molecule has 7 heteroatoms. The highest BCUT2D eigenvalue weighted by Gasteiger charge is 2.27. The van der Waals surface area contributed by atoms with Crippen molar-refractivity contribution in [3.05, 3.63) is 24.3 Å². The number of rotatable bonds is 4. The first-order valence-electron chi connectivity index (χ1n) is 6.52. The van der Waals surface area contributed by atoms with Crippen LogP contribution in [0.15, 0.2) is 24.3 Å². The van der Waals surface area contributed by atoms with Gasteiger partial charge in [-0.15, -0.1) is 0 Å². The van der Waals surface area contributed by atoms with Gasteiger partial charge in [-0.3, -0.25) is 4.79 Å². The summed E-state index contributed by atoms with van der Waals surface area (Å²) >= 11 is 0. The van der Waals surface area contributed by atoms with Crippen LogP contribution in [0.4, 0.5) is 10.5 Å². The van der Waals surface area contributed by atoms with Gasteiger partial charge >= 0.3 is 6.09 Å². The topological polar surface area (TPSA) is 77.1 Å². The highest BCUT2D eigenvalue weighted by atomic mass is 16.5. The van der Waals surface area contributed by atoms with Crippen molar-refractivity contribution in [3.63, 3.8) is 0 Å². The highest BCUT2D eigenvalue weighted by Crippen LogP contribution is 2.23. The molecule has 1 unspecified atom stereocenters. The lowest BCUT2D eigenvalue weighted by Gasteiger charge is -2.32. The Morgan fingerprint density at radius 2 is 2.29 bits per heavy atom. The van der Waals surface area contributed by atoms with Crippen LogP contribution in [-0.4, -0.2) is 52.0 Å². The number of hydrogen-bond donors (Lipinski definition) is 1. The first-order chi connectivity index (χ1) is 10.1. The number of nitrogens with one attached hydrogen (secondary N) is 1. The van der Waals surface area contributed by atoms with Crippen LogP contribution in [0.3, 0.4) is 0 Å². The summed E-state index contributed by atoms with van der Waals surface area (Å²) in [6, 6.07) is 7.24. The number of nitrogens with zero attached hydrogens (tertiary/aromatic N) is 1. The summed E-state index contributed by atoms with van der Waals surface area (Å²) in [6.07, 6.45) is -0.809. The number of morpholine rings is 1. The fourth-order valence-electron chi connectivity index (χ4n) is 2.05. The van der Waals surface area contributed by atoms with Gasteiger partial charge in [-0.05, 0) is 12.1 Å². The lowest BCUT2D eigenvalue weighted by atomic mass is 10.2. The van der Waals surface area contributed by atoms with Crippen LogP contribution in [-0.2, 0) is 14.3 Å². The van der Waals surface area contributed by atoms with Gasteiger partial charge in [0.1, 0.15) is 12.4 Å². The zero-order chi connectivity index (χ0) is 15.2. The number of benzene rings is 1. The highest BCUT2D eigenvalue weighted by molar-refractivity contribution is 5.95. The van der Waals surface area contributed by atoms with Crippen molar-refractivity contribution in [1.82, 2.24) is 5.32 Å². The van der Waals surface area contributed by atoms with E-state index in [9.17, 15) is 9.59 Å².